The molecule has 1 aromatic rings. The maximum Gasteiger partial charge on any atom is 0.0774 e. The van der Waals surface area contributed by atoms with Crippen molar-refractivity contribution in [1.29, 1.82) is 0 Å². The highest BCUT2D eigenvalue weighted by molar-refractivity contribution is 5.28. The van der Waals surface area contributed by atoms with E-state index in [1.165, 1.54) is 29.5 Å². The highest BCUT2D eigenvalue weighted by atomic mass is 16.3. The summed E-state index contributed by atoms with van der Waals surface area (Å²) in [7, 11) is 2.11. The van der Waals surface area contributed by atoms with Crippen molar-refractivity contribution in [3.8, 4) is 0 Å². The van der Waals surface area contributed by atoms with Crippen LogP contribution in [0.1, 0.15) is 42.4 Å². The smallest absolute Gasteiger partial charge is 0.0774 e. The van der Waals surface area contributed by atoms with Gasteiger partial charge in [0.2, 0.25) is 0 Å². The second-order valence-electron chi connectivity index (χ2n) is 6.10. The molecule has 1 aliphatic carbocycles. The first-order valence-electron chi connectivity index (χ1n) is 6.95. The third kappa shape index (κ3) is 3.56. The van der Waals surface area contributed by atoms with E-state index < -0.39 is 5.60 Å². The predicted octanol–water partition coefficient (Wildman–Crippen LogP) is 3.04. The summed E-state index contributed by atoms with van der Waals surface area (Å²) in [4.78, 5) is 2.25. The topological polar surface area (TPSA) is 23.5 Å². The second kappa shape index (κ2) is 5.41. The summed E-state index contributed by atoms with van der Waals surface area (Å²) < 4.78 is 0. The van der Waals surface area contributed by atoms with Crippen LogP contribution < -0.4 is 0 Å². The van der Waals surface area contributed by atoms with Crippen LogP contribution in [0.4, 0.5) is 0 Å². The monoisotopic (exact) mass is 247 g/mol. The zero-order chi connectivity index (χ0) is 13.2. The lowest BCUT2D eigenvalue weighted by molar-refractivity contribution is 0.0145. The van der Waals surface area contributed by atoms with Crippen molar-refractivity contribution in [2.24, 2.45) is 0 Å². The van der Waals surface area contributed by atoms with Crippen LogP contribution in [0.15, 0.2) is 18.2 Å². The summed E-state index contributed by atoms with van der Waals surface area (Å²) in [6.07, 6.45) is 4.27. The van der Waals surface area contributed by atoms with Crippen molar-refractivity contribution in [3.63, 3.8) is 0 Å². The van der Waals surface area contributed by atoms with E-state index in [1.54, 1.807) is 0 Å². The van der Waals surface area contributed by atoms with Crippen molar-refractivity contribution >= 4 is 0 Å². The molecule has 1 aliphatic rings. The first kappa shape index (κ1) is 13.6. The Kier molecular flexibility index (Phi) is 4.08. The van der Waals surface area contributed by atoms with Gasteiger partial charge in [-0.1, -0.05) is 42.2 Å². The minimum Gasteiger partial charge on any atom is -0.389 e. The van der Waals surface area contributed by atoms with Crippen LogP contribution in [0, 0.1) is 13.8 Å². The Labute approximate surface area is 111 Å². The Balaban J connectivity index is 1.96. The molecule has 2 rings (SSSR count). The van der Waals surface area contributed by atoms with Gasteiger partial charge in [-0.25, -0.2) is 0 Å². The normalized spacial score (nSPS) is 18.5. The average molecular weight is 247 g/mol. The fourth-order valence-electron chi connectivity index (χ4n) is 3.22. The van der Waals surface area contributed by atoms with Gasteiger partial charge in [0.15, 0.2) is 0 Å². The van der Waals surface area contributed by atoms with E-state index in [-0.39, 0.29) is 0 Å². The molecule has 1 fully saturated rings. The molecule has 1 saturated carbocycles. The molecule has 2 nitrogen and oxygen atoms in total. The standard InChI is InChI=1S/C16H25NO/c1-13-8-14(2)10-15(9-13)11-17(3)12-16(18)6-4-5-7-16/h8-10,18H,4-7,11-12H2,1-3H3. The molecule has 0 aliphatic heterocycles. The first-order valence-corrected chi connectivity index (χ1v) is 6.95. The van der Waals surface area contributed by atoms with Crippen molar-refractivity contribution < 1.29 is 5.11 Å². The number of aryl methyl sites for hydroxylation is 2. The van der Waals surface area contributed by atoms with Gasteiger partial charge in [0.05, 0.1) is 5.60 Å². The first-order chi connectivity index (χ1) is 8.47. The average Bonchev–Trinajstić information content (AvgIpc) is 2.62. The Morgan fingerprint density at radius 1 is 1.11 bits per heavy atom. The number of hydrogen-bond acceptors (Lipinski definition) is 2. The summed E-state index contributed by atoms with van der Waals surface area (Å²) in [5.74, 6) is 0. The SMILES string of the molecule is Cc1cc(C)cc(CN(C)CC2(O)CCCC2)c1. The van der Waals surface area contributed by atoms with Gasteiger partial charge in [-0.05, 0) is 39.3 Å². The molecule has 18 heavy (non-hydrogen) atoms. The third-order valence-corrected chi connectivity index (χ3v) is 3.83. The molecule has 0 saturated heterocycles. The minimum absolute atomic E-state index is 0.437. The fraction of sp³-hybridized carbons (Fsp3) is 0.625. The van der Waals surface area contributed by atoms with E-state index in [0.717, 1.165) is 25.9 Å². The highest BCUT2D eigenvalue weighted by Gasteiger charge is 2.31. The fourth-order valence-corrected chi connectivity index (χ4v) is 3.22. The molecule has 0 bridgehead atoms. The van der Waals surface area contributed by atoms with Crippen LogP contribution in [0.5, 0.6) is 0 Å². The van der Waals surface area contributed by atoms with Crippen molar-refractivity contribution in [2.75, 3.05) is 13.6 Å². The summed E-state index contributed by atoms with van der Waals surface area (Å²) >= 11 is 0. The van der Waals surface area contributed by atoms with E-state index in [1.807, 2.05) is 0 Å². The Bertz CT molecular complexity index is 387. The summed E-state index contributed by atoms with van der Waals surface area (Å²) in [6, 6.07) is 6.68. The number of benzene rings is 1. The van der Waals surface area contributed by atoms with Gasteiger partial charge < -0.3 is 5.11 Å². The van der Waals surface area contributed by atoms with Gasteiger partial charge in [-0.3, -0.25) is 4.90 Å². The highest BCUT2D eigenvalue weighted by Crippen LogP contribution is 2.30. The number of hydrogen-bond donors (Lipinski definition) is 1. The van der Waals surface area contributed by atoms with Gasteiger partial charge in [-0.2, -0.15) is 0 Å². The minimum atomic E-state index is -0.437. The molecule has 0 atom stereocenters. The van der Waals surface area contributed by atoms with E-state index in [9.17, 15) is 5.11 Å². The quantitative estimate of drug-likeness (QED) is 0.884. The van der Waals surface area contributed by atoms with Crippen molar-refractivity contribution in [2.45, 2.75) is 51.7 Å². The van der Waals surface area contributed by atoms with Crippen LogP contribution in [0.25, 0.3) is 0 Å². The molecular formula is C16H25NO. The van der Waals surface area contributed by atoms with Crippen LogP contribution in [-0.4, -0.2) is 29.2 Å². The second-order valence-corrected chi connectivity index (χ2v) is 6.10. The molecule has 0 aromatic heterocycles. The molecule has 0 amide bonds. The predicted molar refractivity (Wildman–Crippen MR) is 75.7 cm³/mol. The van der Waals surface area contributed by atoms with Crippen LogP contribution in [0.3, 0.4) is 0 Å². The maximum absolute atomic E-state index is 10.4. The van der Waals surface area contributed by atoms with E-state index in [2.05, 4.69) is 44.0 Å². The molecule has 1 aromatic carbocycles. The lowest BCUT2D eigenvalue weighted by Gasteiger charge is -2.28. The maximum atomic E-state index is 10.4. The van der Waals surface area contributed by atoms with Crippen LogP contribution in [0.2, 0.25) is 0 Å². The van der Waals surface area contributed by atoms with Gasteiger partial charge in [-0.15, -0.1) is 0 Å². The molecule has 100 valence electrons. The lowest BCUT2D eigenvalue weighted by atomic mass is 10.0. The van der Waals surface area contributed by atoms with Crippen LogP contribution in [-0.2, 0) is 6.54 Å². The molecule has 1 N–H and O–H groups in total. The van der Waals surface area contributed by atoms with Crippen molar-refractivity contribution in [3.05, 3.63) is 34.9 Å². The summed E-state index contributed by atoms with van der Waals surface area (Å²) in [5, 5.41) is 10.4. The number of rotatable bonds is 4. The molecule has 0 spiro atoms. The summed E-state index contributed by atoms with van der Waals surface area (Å²) in [5.41, 5.74) is 3.54. The Morgan fingerprint density at radius 2 is 1.67 bits per heavy atom. The molecule has 2 heteroatoms. The Hall–Kier alpha value is -0.860. The molecule has 0 radical (unpaired) electrons. The zero-order valence-electron chi connectivity index (χ0n) is 11.9. The Morgan fingerprint density at radius 3 is 2.22 bits per heavy atom. The molecular weight excluding hydrogens is 222 g/mol. The largest absolute Gasteiger partial charge is 0.389 e. The number of aliphatic hydroxyl groups is 1. The van der Waals surface area contributed by atoms with Crippen LogP contribution >= 0.6 is 0 Å². The third-order valence-electron chi connectivity index (χ3n) is 3.83. The lowest BCUT2D eigenvalue weighted by Crippen LogP contribution is -2.38. The molecule has 0 heterocycles. The number of nitrogens with zero attached hydrogens (tertiary/aromatic N) is 1. The van der Waals surface area contributed by atoms with E-state index in [0.29, 0.717) is 0 Å². The molecule has 0 unspecified atom stereocenters. The van der Waals surface area contributed by atoms with E-state index in [4.69, 9.17) is 0 Å². The van der Waals surface area contributed by atoms with E-state index >= 15 is 0 Å². The van der Waals surface area contributed by atoms with Gasteiger partial charge in [0, 0.05) is 13.1 Å². The summed E-state index contributed by atoms with van der Waals surface area (Å²) in [6.45, 7) is 5.99. The zero-order valence-corrected chi connectivity index (χ0v) is 11.9. The number of likely N-dealkylation sites (N-methyl/N-ethyl adjacent to an activating group) is 1. The van der Waals surface area contributed by atoms with Gasteiger partial charge in [0.25, 0.3) is 0 Å². The van der Waals surface area contributed by atoms with Crippen molar-refractivity contribution in [1.82, 2.24) is 4.90 Å². The van der Waals surface area contributed by atoms with Gasteiger partial charge in [0.1, 0.15) is 0 Å². The van der Waals surface area contributed by atoms with Gasteiger partial charge >= 0.3 is 0 Å².